The molecule has 1 unspecified atom stereocenters. The Labute approximate surface area is 123 Å². The van der Waals surface area contributed by atoms with Gasteiger partial charge in [-0.25, -0.2) is 8.42 Å². The van der Waals surface area contributed by atoms with Crippen LogP contribution in [0.15, 0.2) is 53.4 Å². The Balaban J connectivity index is 2.39. The number of sulfonamides is 1. The highest BCUT2D eigenvalue weighted by atomic mass is 35.5. The van der Waals surface area contributed by atoms with Gasteiger partial charge < -0.3 is 5.11 Å². The van der Waals surface area contributed by atoms with Gasteiger partial charge in [0.25, 0.3) is 10.0 Å². The first-order valence-electron chi connectivity index (χ1n) is 5.95. The van der Waals surface area contributed by atoms with Crippen LogP contribution in [0.2, 0.25) is 5.02 Å². The van der Waals surface area contributed by atoms with Crippen molar-refractivity contribution in [3.05, 3.63) is 59.1 Å². The number of hydrogen-bond donors (Lipinski definition) is 2. The van der Waals surface area contributed by atoms with Crippen LogP contribution >= 0.6 is 11.6 Å². The van der Waals surface area contributed by atoms with Crippen molar-refractivity contribution >= 4 is 27.3 Å². The zero-order valence-electron chi connectivity index (χ0n) is 10.7. The zero-order chi connectivity index (χ0) is 14.8. The van der Waals surface area contributed by atoms with Crippen molar-refractivity contribution in [3.63, 3.8) is 0 Å². The van der Waals surface area contributed by atoms with Gasteiger partial charge in [0.1, 0.15) is 0 Å². The number of nitrogens with one attached hydrogen (secondary N) is 1. The summed E-state index contributed by atoms with van der Waals surface area (Å²) in [7, 11) is -3.74. The van der Waals surface area contributed by atoms with Crippen LogP contribution in [0.3, 0.4) is 0 Å². The van der Waals surface area contributed by atoms with Crippen LogP contribution < -0.4 is 4.72 Å². The van der Waals surface area contributed by atoms with E-state index in [-0.39, 0.29) is 4.90 Å². The molecule has 0 bridgehead atoms. The van der Waals surface area contributed by atoms with Crippen molar-refractivity contribution in [3.8, 4) is 0 Å². The third-order valence-corrected chi connectivity index (χ3v) is 4.36. The average molecular weight is 312 g/mol. The largest absolute Gasteiger partial charge is 0.389 e. The molecular formula is C14H14ClNO3S. The number of aliphatic hydroxyl groups excluding tert-OH is 1. The Morgan fingerprint density at radius 3 is 2.50 bits per heavy atom. The van der Waals surface area contributed by atoms with Gasteiger partial charge in [-0.3, -0.25) is 4.72 Å². The molecular weight excluding hydrogens is 298 g/mol. The molecule has 0 aliphatic carbocycles. The second-order valence-corrected chi connectivity index (χ2v) is 6.44. The molecule has 0 fully saturated rings. The van der Waals surface area contributed by atoms with Crippen molar-refractivity contribution in [1.82, 2.24) is 0 Å². The summed E-state index contributed by atoms with van der Waals surface area (Å²) >= 11 is 5.80. The molecule has 2 aromatic carbocycles. The minimum Gasteiger partial charge on any atom is -0.389 e. The molecule has 20 heavy (non-hydrogen) atoms. The molecule has 0 amide bonds. The lowest BCUT2D eigenvalue weighted by Crippen LogP contribution is -2.14. The van der Waals surface area contributed by atoms with E-state index in [1.807, 2.05) is 0 Å². The fourth-order valence-corrected chi connectivity index (χ4v) is 3.18. The predicted octanol–water partition coefficient (Wildman–Crippen LogP) is 3.19. The zero-order valence-corrected chi connectivity index (χ0v) is 12.3. The van der Waals surface area contributed by atoms with E-state index in [0.29, 0.717) is 16.3 Å². The maximum atomic E-state index is 12.3. The lowest BCUT2D eigenvalue weighted by atomic mass is 10.1. The van der Waals surface area contributed by atoms with E-state index in [1.54, 1.807) is 43.3 Å². The summed E-state index contributed by atoms with van der Waals surface area (Å²) in [6, 6.07) is 12.7. The normalized spacial score (nSPS) is 12.9. The van der Waals surface area contributed by atoms with Gasteiger partial charge in [-0.15, -0.1) is 0 Å². The van der Waals surface area contributed by atoms with E-state index in [9.17, 15) is 13.5 Å². The van der Waals surface area contributed by atoms with Crippen LogP contribution in [-0.2, 0) is 10.0 Å². The molecule has 6 heteroatoms. The van der Waals surface area contributed by atoms with Crippen molar-refractivity contribution in [2.24, 2.45) is 0 Å². The van der Waals surface area contributed by atoms with Gasteiger partial charge in [0.2, 0.25) is 0 Å². The van der Waals surface area contributed by atoms with Crippen LogP contribution in [-0.4, -0.2) is 13.5 Å². The van der Waals surface area contributed by atoms with E-state index in [0.717, 1.165) is 0 Å². The van der Waals surface area contributed by atoms with Gasteiger partial charge in [0.05, 0.1) is 16.7 Å². The van der Waals surface area contributed by atoms with Crippen LogP contribution in [0.1, 0.15) is 18.6 Å². The molecule has 0 aliphatic rings. The fourth-order valence-electron chi connectivity index (χ4n) is 1.79. The second kappa shape index (κ2) is 5.83. The lowest BCUT2D eigenvalue weighted by molar-refractivity contribution is 0.200. The van der Waals surface area contributed by atoms with E-state index < -0.39 is 16.1 Å². The molecule has 2 rings (SSSR count). The minimum absolute atomic E-state index is 0.0744. The second-order valence-electron chi connectivity index (χ2n) is 4.33. The number of halogens is 1. The molecule has 0 spiro atoms. The Morgan fingerprint density at radius 1 is 1.15 bits per heavy atom. The number of aliphatic hydroxyl groups is 1. The van der Waals surface area contributed by atoms with Gasteiger partial charge in [0, 0.05) is 10.6 Å². The number of benzene rings is 2. The monoisotopic (exact) mass is 311 g/mol. The quantitative estimate of drug-likeness (QED) is 0.911. The molecule has 0 heterocycles. The van der Waals surface area contributed by atoms with Gasteiger partial charge >= 0.3 is 0 Å². The van der Waals surface area contributed by atoms with Crippen LogP contribution in [0.4, 0.5) is 5.69 Å². The lowest BCUT2D eigenvalue weighted by Gasteiger charge is -2.14. The van der Waals surface area contributed by atoms with Gasteiger partial charge in [-0.2, -0.15) is 0 Å². The molecule has 0 aromatic heterocycles. The number of hydrogen-bond acceptors (Lipinski definition) is 3. The smallest absolute Gasteiger partial charge is 0.261 e. The highest BCUT2D eigenvalue weighted by molar-refractivity contribution is 7.92. The third kappa shape index (κ3) is 3.30. The topological polar surface area (TPSA) is 66.4 Å². The van der Waals surface area contributed by atoms with Crippen LogP contribution in [0.25, 0.3) is 0 Å². The SMILES string of the molecule is CC(O)c1ccccc1NS(=O)(=O)c1cccc(Cl)c1. The first-order chi connectivity index (χ1) is 9.40. The maximum Gasteiger partial charge on any atom is 0.261 e. The molecule has 0 saturated carbocycles. The summed E-state index contributed by atoms with van der Waals surface area (Å²) < 4.78 is 27.0. The van der Waals surface area contributed by atoms with Gasteiger partial charge in [-0.05, 0) is 31.2 Å². The van der Waals surface area contributed by atoms with Crippen LogP contribution in [0, 0.1) is 0 Å². The highest BCUT2D eigenvalue weighted by Crippen LogP contribution is 2.25. The van der Waals surface area contributed by atoms with Gasteiger partial charge in [0.15, 0.2) is 0 Å². The number of rotatable bonds is 4. The maximum absolute atomic E-state index is 12.3. The van der Waals surface area contributed by atoms with Gasteiger partial charge in [-0.1, -0.05) is 35.9 Å². The van der Waals surface area contributed by atoms with Crippen molar-refractivity contribution in [1.29, 1.82) is 0 Å². The number of anilines is 1. The Morgan fingerprint density at radius 2 is 1.85 bits per heavy atom. The van der Waals surface area contributed by atoms with Crippen molar-refractivity contribution < 1.29 is 13.5 Å². The molecule has 106 valence electrons. The minimum atomic E-state index is -3.74. The summed E-state index contributed by atoms with van der Waals surface area (Å²) in [5.41, 5.74) is 0.862. The average Bonchev–Trinajstić information content (AvgIpc) is 2.38. The standard InChI is InChI=1S/C14H14ClNO3S/c1-10(17)13-7-2-3-8-14(13)16-20(18,19)12-6-4-5-11(15)9-12/h2-10,16-17H,1H3. The summed E-state index contributed by atoms with van der Waals surface area (Å²) in [5, 5.41) is 10.0. The molecule has 1 atom stereocenters. The summed E-state index contributed by atoms with van der Waals surface area (Å²) in [6.07, 6.45) is -0.770. The summed E-state index contributed by atoms with van der Waals surface area (Å²) in [5.74, 6) is 0. The predicted molar refractivity (Wildman–Crippen MR) is 79.3 cm³/mol. The fraction of sp³-hybridized carbons (Fsp3) is 0.143. The Hall–Kier alpha value is -1.56. The van der Waals surface area contributed by atoms with Crippen molar-refractivity contribution in [2.45, 2.75) is 17.9 Å². The first kappa shape index (κ1) is 14.8. The highest BCUT2D eigenvalue weighted by Gasteiger charge is 2.17. The van der Waals surface area contributed by atoms with Crippen molar-refractivity contribution in [2.75, 3.05) is 4.72 Å². The Kier molecular flexibility index (Phi) is 4.32. The molecule has 0 radical (unpaired) electrons. The molecule has 4 nitrogen and oxygen atoms in total. The van der Waals surface area contributed by atoms with E-state index >= 15 is 0 Å². The van der Waals surface area contributed by atoms with E-state index in [1.165, 1.54) is 12.1 Å². The molecule has 2 N–H and O–H groups in total. The van der Waals surface area contributed by atoms with E-state index in [4.69, 9.17) is 11.6 Å². The molecule has 2 aromatic rings. The van der Waals surface area contributed by atoms with E-state index in [2.05, 4.69) is 4.72 Å². The third-order valence-electron chi connectivity index (χ3n) is 2.76. The molecule has 0 saturated heterocycles. The molecule has 0 aliphatic heterocycles. The van der Waals surface area contributed by atoms with Crippen LogP contribution in [0.5, 0.6) is 0 Å². The Bertz CT molecular complexity index is 714. The summed E-state index contributed by atoms with van der Waals surface area (Å²) in [6.45, 7) is 1.58. The number of para-hydroxylation sites is 1. The summed E-state index contributed by atoms with van der Waals surface area (Å²) in [4.78, 5) is 0.0744. The first-order valence-corrected chi connectivity index (χ1v) is 7.81.